The summed E-state index contributed by atoms with van der Waals surface area (Å²) >= 11 is 0. The lowest BCUT2D eigenvalue weighted by Crippen LogP contribution is -2.60. The molecule has 172 valence electrons. The van der Waals surface area contributed by atoms with Gasteiger partial charge in [-0.1, -0.05) is 18.2 Å². The number of hydrogen-bond donors (Lipinski definition) is 1. The Bertz CT molecular complexity index is 1080. The number of aryl methyl sites for hydroxylation is 1. The van der Waals surface area contributed by atoms with E-state index in [0.29, 0.717) is 37.1 Å². The highest BCUT2D eigenvalue weighted by molar-refractivity contribution is 5.86. The third-order valence-corrected chi connectivity index (χ3v) is 9.65. The highest BCUT2D eigenvalue weighted by Gasteiger charge is 2.65. The first-order valence-corrected chi connectivity index (χ1v) is 12.4. The monoisotopic (exact) mass is 438 g/mol. The minimum Gasteiger partial charge on any atom is -0.388 e. The lowest BCUT2D eigenvalue weighted by molar-refractivity contribution is -0.365. The van der Waals surface area contributed by atoms with Crippen LogP contribution in [-0.4, -0.2) is 58.6 Å². The van der Waals surface area contributed by atoms with Gasteiger partial charge in [0.05, 0.1) is 19.3 Å². The Morgan fingerprint density at radius 2 is 1.97 bits per heavy atom. The summed E-state index contributed by atoms with van der Waals surface area (Å²) < 4.78 is 21.6. The maximum absolute atomic E-state index is 10.9. The van der Waals surface area contributed by atoms with Crippen LogP contribution in [0.3, 0.4) is 0 Å². The molecular weight excluding hydrogens is 404 g/mol. The van der Waals surface area contributed by atoms with Crippen molar-refractivity contribution in [2.45, 2.75) is 68.8 Å². The quantitative estimate of drug-likeness (QED) is 0.684. The summed E-state index contributed by atoms with van der Waals surface area (Å²) in [4.78, 5) is 2.62. The summed E-state index contributed by atoms with van der Waals surface area (Å²) in [7, 11) is 4.54. The fourth-order valence-electron chi connectivity index (χ4n) is 8.08. The number of piperidine rings is 1. The van der Waals surface area contributed by atoms with Crippen LogP contribution >= 0.6 is 0 Å². The molecule has 2 aromatic rings. The maximum Gasteiger partial charge on any atom is 0.198 e. The molecule has 4 fully saturated rings. The molecule has 1 N–H and O–H groups in total. The molecule has 0 saturated carbocycles. The lowest BCUT2D eigenvalue weighted by atomic mass is 9.63. The van der Waals surface area contributed by atoms with Gasteiger partial charge in [0.25, 0.3) is 0 Å². The van der Waals surface area contributed by atoms with Crippen molar-refractivity contribution in [1.29, 1.82) is 0 Å². The van der Waals surface area contributed by atoms with Gasteiger partial charge in [-0.3, -0.25) is 4.90 Å². The van der Waals surface area contributed by atoms with Gasteiger partial charge < -0.3 is 23.9 Å². The first-order chi connectivity index (χ1) is 15.4. The Balaban J connectivity index is 1.30. The van der Waals surface area contributed by atoms with Crippen LogP contribution in [0.5, 0.6) is 0 Å². The van der Waals surface area contributed by atoms with Gasteiger partial charge in [-0.2, -0.15) is 0 Å². The number of ether oxygens (including phenoxy) is 3. The van der Waals surface area contributed by atoms with Gasteiger partial charge in [-0.05, 0) is 57.2 Å². The van der Waals surface area contributed by atoms with Crippen molar-refractivity contribution in [2.75, 3.05) is 20.3 Å². The van der Waals surface area contributed by atoms with Crippen LogP contribution in [0.25, 0.3) is 10.9 Å². The predicted molar refractivity (Wildman–Crippen MR) is 120 cm³/mol. The molecule has 8 atom stereocenters. The predicted octanol–water partition coefficient (Wildman–Crippen LogP) is 3.36. The molecule has 0 radical (unpaired) electrons. The van der Waals surface area contributed by atoms with Crippen molar-refractivity contribution in [1.82, 2.24) is 9.47 Å². The molecule has 6 heterocycles. The molecule has 6 heteroatoms. The Labute approximate surface area is 189 Å². The minimum absolute atomic E-state index is 0.240. The second kappa shape index (κ2) is 6.57. The molecule has 8 unspecified atom stereocenters. The van der Waals surface area contributed by atoms with Crippen molar-refractivity contribution in [3.63, 3.8) is 0 Å². The second-order valence-corrected chi connectivity index (χ2v) is 11.0. The molecule has 7 rings (SSSR count). The molecule has 0 amide bonds. The van der Waals surface area contributed by atoms with E-state index in [-0.39, 0.29) is 5.92 Å². The zero-order chi connectivity index (χ0) is 21.8. The van der Waals surface area contributed by atoms with E-state index in [4.69, 9.17) is 14.2 Å². The molecule has 5 aliphatic rings. The Kier molecular flexibility index (Phi) is 4.10. The molecule has 2 bridgehead atoms. The lowest BCUT2D eigenvalue weighted by Gasteiger charge is -2.57. The van der Waals surface area contributed by atoms with Crippen LogP contribution in [0.2, 0.25) is 0 Å². The van der Waals surface area contributed by atoms with Crippen LogP contribution in [-0.2, 0) is 27.7 Å². The van der Waals surface area contributed by atoms with E-state index >= 15 is 0 Å². The first-order valence-electron chi connectivity index (χ1n) is 12.4. The van der Waals surface area contributed by atoms with Crippen molar-refractivity contribution in [3.05, 3.63) is 35.5 Å². The van der Waals surface area contributed by atoms with Crippen molar-refractivity contribution in [3.8, 4) is 0 Å². The van der Waals surface area contributed by atoms with Crippen molar-refractivity contribution < 1.29 is 19.3 Å². The van der Waals surface area contributed by atoms with Crippen LogP contribution < -0.4 is 0 Å². The zero-order valence-electron chi connectivity index (χ0n) is 19.3. The van der Waals surface area contributed by atoms with E-state index in [1.165, 1.54) is 22.2 Å². The van der Waals surface area contributed by atoms with Crippen LogP contribution in [0.4, 0.5) is 0 Å². The van der Waals surface area contributed by atoms with E-state index in [1.807, 2.05) is 0 Å². The number of likely N-dealkylation sites (N-methyl/N-ethyl adjacent to an activating group) is 1. The van der Waals surface area contributed by atoms with Crippen molar-refractivity contribution in [2.24, 2.45) is 24.8 Å². The number of fused-ring (bicyclic) bond motifs is 10. The van der Waals surface area contributed by atoms with Gasteiger partial charge >= 0.3 is 0 Å². The molecule has 1 spiro atoms. The van der Waals surface area contributed by atoms with E-state index in [9.17, 15) is 5.11 Å². The average molecular weight is 439 g/mol. The van der Waals surface area contributed by atoms with E-state index < -0.39 is 17.7 Å². The molecule has 5 aliphatic heterocycles. The van der Waals surface area contributed by atoms with Gasteiger partial charge in [-0.15, -0.1) is 0 Å². The van der Waals surface area contributed by atoms with Gasteiger partial charge in [-0.25, -0.2) is 0 Å². The normalized spacial score (nSPS) is 45.6. The smallest absolute Gasteiger partial charge is 0.198 e. The molecule has 1 aromatic carbocycles. The summed E-state index contributed by atoms with van der Waals surface area (Å²) in [6, 6.07) is 9.72. The number of aliphatic hydroxyl groups excluding tert-OH is 1. The van der Waals surface area contributed by atoms with Gasteiger partial charge in [0.15, 0.2) is 11.6 Å². The fourth-order valence-corrected chi connectivity index (χ4v) is 8.08. The number of nitrogens with zero attached hydrogens (tertiary/aromatic N) is 2. The van der Waals surface area contributed by atoms with Gasteiger partial charge in [0.1, 0.15) is 6.10 Å². The minimum atomic E-state index is -0.893. The van der Waals surface area contributed by atoms with Gasteiger partial charge in [0, 0.05) is 47.9 Å². The molecule has 32 heavy (non-hydrogen) atoms. The summed E-state index contributed by atoms with van der Waals surface area (Å²) in [5, 5.41) is 12.3. The molecular formula is C26H34N2O4. The van der Waals surface area contributed by atoms with E-state index in [0.717, 1.165) is 32.1 Å². The van der Waals surface area contributed by atoms with E-state index in [2.05, 4.69) is 54.8 Å². The Hall–Kier alpha value is -1.44. The third-order valence-electron chi connectivity index (χ3n) is 9.65. The Morgan fingerprint density at radius 1 is 1.12 bits per heavy atom. The number of rotatable bonds is 0. The number of aliphatic hydroxyl groups is 1. The molecule has 1 aromatic heterocycles. The number of aromatic nitrogens is 1. The van der Waals surface area contributed by atoms with Crippen LogP contribution in [0, 0.1) is 17.8 Å². The second-order valence-electron chi connectivity index (χ2n) is 11.0. The summed E-state index contributed by atoms with van der Waals surface area (Å²) in [5.41, 5.74) is 4.36. The Morgan fingerprint density at radius 3 is 2.81 bits per heavy atom. The maximum atomic E-state index is 10.9. The largest absolute Gasteiger partial charge is 0.388 e. The summed E-state index contributed by atoms with van der Waals surface area (Å²) in [5.74, 6) is -0.352. The number of para-hydroxylation sites is 1. The first kappa shape index (κ1) is 20.0. The van der Waals surface area contributed by atoms with Crippen LogP contribution in [0.1, 0.15) is 49.9 Å². The summed E-state index contributed by atoms with van der Waals surface area (Å²) in [6.07, 6.45) is 3.97. The molecule has 6 nitrogen and oxygen atoms in total. The topological polar surface area (TPSA) is 56.1 Å². The number of hydrogen-bond acceptors (Lipinski definition) is 5. The molecule has 0 aliphatic carbocycles. The third kappa shape index (κ3) is 2.43. The highest BCUT2D eigenvalue weighted by Crippen LogP contribution is 2.60. The van der Waals surface area contributed by atoms with Gasteiger partial charge in [0.2, 0.25) is 0 Å². The molecule has 4 saturated heterocycles. The highest BCUT2D eigenvalue weighted by atomic mass is 16.8. The summed E-state index contributed by atoms with van der Waals surface area (Å²) in [6.45, 7) is 3.45. The van der Waals surface area contributed by atoms with Crippen molar-refractivity contribution >= 4 is 10.9 Å². The standard InChI is InChI=1S/C26H34N2O4/c1-25-19(13-26(32-25)23(29)9-6-10-30-26)16-11-22-24-17(12-21(27(22)2)18(16)14-31-25)15-7-4-5-8-20(15)28(24)3/h4-5,7-8,16,18-19,21-23,29H,6,9-14H2,1-3H3. The fraction of sp³-hybridized carbons (Fsp3) is 0.692. The number of benzene rings is 1. The van der Waals surface area contributed by atoms with E-state index in [1.54, 1.807) is 0 Å². The van der Waals surface area contributed by atoms with Crippen LogP contribution in [0.15, 0.2) is 24.3 Å². The average Bonchev–Trinajstić information content (AvgIpc) is 3.23. The zero-order valence-corrected chi connectivity index (χ0v) is 19.3. The SMILES string of the molecule is CN1C2CC3C(COC4(C)OC5(CC34)OCCCC5O)C1Cc1c2n(C)c2ccccc12.